The van der Waals surface area contributed by atoms with Gasteiger partial charge in [0.25, 0.3) is 0 Å². The smallest absolute Gasteiger partial charge is 0.123 e. The van der Waals surface area contributed by atoms with E-state index in [0.717, 1.165) is 28.4 Å². The molecule has 0 spiro atoms. The molecule has 0 saturated carbocycles. The first kappa shape index (κ1) is 12.1. The van der Waals surface area contributed by atoms with E-state index < -0.39 is 0 Å². The number of methoxy groups -OCH3 is 1. The Labute approximate surface area is 105 Å². The normalized spacial score (nSPS) is 10.5. The number of aryl methyl sites for hydroxylation is 1. The van der Waals surface area contributed by atoms with E-state index in [0.29, 0.717) is 0 Å². The molecule has 1 aromatic heterocycles. The average molecular weight is 248 g/mol. The van der Waals surface area contributed by atoms with E-state index >= 15 is 0 Å². The Balaban J connectivity index is 2.29. The maximum Gasteiger partial charge on any atom is 0.123 e. The molecular weight excluding hydrogens is 232 g/mol. The van der Waals surface area contributed by atoms with Gasteiger partial charge in [-0.15, -0.1) is 11.3 Å². The Morgan fingerprint density at radius 2 is 2.24 bits per heavy atom. The molecule has 3 nitrogen and oxygen atoms in total. The van der Waals surface area contributed by atoms with E-state index in [4.69, 9.17) is 4.74 Å². The molecule has 1 heterocycles. The summed E-state index contributed by atoms with van der Waals surface area (Å²) >= 11 is 1.72. The zero-order valence-electron chi connectivity index (χ0n) is 10.3. The van der Waals surface area contributed by atoms with Crippen molar-refractivity contribution in [3.05, 3.63) is 34.8 Å². The van der Waals surface area contributed by atoms with Crippen LogP contribution in [0.15, 0.2) is 24.4 Å². The highest BCUT2D eigenvalue weighted by Crippen LogP contribution is 2.29. The van der Waals surface area contributed by atoms with Crippen molar-refractivity contribution in [2.45, 2.75) is 13.5 Å². The van der Waals surface area contributed by atoms with Crippen molar-refractivity contribution in [1.29, 1.82) is 0 Å². The molecule has 0 amide bonds. The van der Waals surface area contributed by atoms with Crippen LogP contribution in [0.4, 0.5) is 0 Å². The molecular formula is C13H16N2OS. The van der Waals surface area contributed by atoms with Gasteiger partial charge in [0.1, 0.15) is 10.8 Å². The molecule has 0 aliphatic rings. The van der Waals surface area contributed by atoms with Gasteiger partial charge >= 0.3 is 0 Å². The lowest BCUT2D eigenvalue weighted by Crippen LogP contribution is -2.02. The van der Waals surface area contributed by atoms with Crippen LogP contribution in [0, 0.1) is 6.92 Å². The Morgan fingerprint density at radius 3 is 2.88 bits per heavy atom. The number of hydrogen-bond acceptors (Lipinski definition) is 4. The van der Waals surface area contributed by atoms with E-state index in [2.05, 4.69) is 16.4 Å². The topological polar surface area (TPSA) is 34.2 Å². The third-order valence-electron chi connectivity index (χ3n) is 2.55. The molecule has 4 heteroatoms. The van der Waals surface area contributed by atoms with Gasteiger partial charge in [-0.3, -0.25) is 0 Å². The fraction of sp³-hybridized carbons (Fsp3) is 0.308. The first-order valence-electron chi connectivity index (χ1n) is 5.49. The molecule has 2 rings (SSSR count). The van der Waals surface area contributed by atoms with Gasteiger partial charge in [-0.2, -0.15) is 0 Å². The summed E-state index contributed by atoms with van der Waals surface area (Å²) < 4.78 is 5.25. The van der Waals surface area contributed by atoms with Crippen LogP contribution >= 0.6 is 11.3 Å². The Hall–Kier alpha value is -1.39. The summed E-state index contributed by atoms with van der Waals surface area (Å²) in [6, 6.07) is 6.15. The Bertz CT molecular complexity index is 508. The van der Waals surface area contributed by atoms with Gasteiger partial charge in [0.15, 0.2) is 0 Å². The van der Waals surface area contributed by atoms with Gasteiger partial charge in [0, 0.05) is 23.2 Å². The molecule has 90 valence electrons. The molecule has 0 aliphatic heterocycles. The molecule has 2 aromatic rings. The summed E-state index contributed by atoms with van der Waals surface area (Å²) in [7, 11) is 3.63. The van der Waals surface area contributed by atoms with Crippen LogP contribution in [0.25, 0.3) is 10.6 Å². The molecule has 0 aliphatic carbocycles. The second kappa shape index (κ2) is 5.29. The highest BCUT2D eigenvalue weighted by molar-refractivity contribution is 7.15. The largest absolute Gasteiger partial charge is 0.496 e. The van der Waals surface area contributed by atoms with E-state index in [1.807, 2.05) is 32.3 Å². The minimum atomic E-state index is 0.868. The minimum Gasteiger partial charge on any atom is -0.496 e. The lowest BCUT2D eigenvalue weighted by molar-refractivity contribution is 0.412. The number of ether oxygens (including phenoxy) is 1. The molecule has 0 unspecified atom stereocenters. The van der Waals surface area contributed by atoms with Crippen molar-refractivity contribution in [2.24, 2.45) is 0 Å². The summed E-state index contributed by atoms with van der Waals surface area (Å²) in [5.74, 6) is 0.917. The maximum atomic E-state index is 5.25. The van der Waals surface area contributed by atoms with E-state index in [1.165, 1.54) is 4.88 Å². The minimum absolute atomic E-state index is 0.868. The van der Waals surface area contributed by atoms with Crippen LogP contribution in [-0.4, -0.2) is 19.1 Å². The third-order valence-corrected chi connectivity index (χ3v) is 3.59. The Morgan fingerprint density at radius 1 is 1.41 bits per heavy atom. The first-order valence-corrected chi connectivity index (χ1v) is 6.30. The number of nitrogens with zero attached hydrogens (tertiary/aromatic N) is 1. The zero-order valence-corrected chi connectivity index (χ0v) is 11.1. The van der Waals surface area contributed by atoms with Crippen LogP contribution in [-0.2, 0) is 6.54 Å². The molecule has 0 fully saturated rings. The molecule has 0 atom stereocenters. The van der Waals surface area contributed by atoms with Crippen LogP contribution in [0.5, 0.6) is 5.75 Å². The van der Waals surface area contributed by atoms with Crippen molar-refractivity contribution in [3.8, 4) is 16.3 Å². The van der Waals surface area contributed by atoms with Gasteiger partial charge in [-0.05, 0) is 37.7 Å². The van der Waals surface area contributed by atoms with Gasteiger partial charge in [0.05, 0.1) is 7.11 Å². The number of nitrogens with one attached hydrogen (secondary N) is 1. The summed E-state index contributed by atoms with van der Waals surface area (Å²) in [4.78, 5) is 5.69. The Kier molecular flexibility index (Phi) is 3.76. The highest BCUT2D eigenvalue weighted by Gasteiger charge is 2.06. The number of rotatable bonds is 4. The van der Waals surface area contributed by atoms with Gasteiger partial charge in [0.2, 0.25) is 0 Å². The van der Waals surface area contributed by atoms with Gasteiger partial charge in [-0.25, -0.2) is 4.98 Å². The van der Waals surface area contributed by atoms with E-state index in [9.17, 15) is 0 Å². The molecule has 0 bridgehead atoms. The van der Waals surface area contributed by atoms with Crippen molar-refractivity contribution < 1.29 is 4.74 Å². The monoisotopic (exact) mass is 248 g/mol. The molecule has 0 saturated heterocycles. The average Bonchev–Trinajstić information content (AvgIpc) is 2.78. The van der Waals surface area contributed by atoms with Crippen molar-refractivity contribution in [2.75, 3.05) is 14.2 Å². The quantitative estimate of drug-likeness (QED) is 0.903. The summed E-state index contributed by atoms with van der Waals surface area (Å²) in [5, 5.41) is 4.19. The second-order valence-electron chi connectivity index (χ2n) is 3.85. The molecule has 17 heavy (non-hydrogen) atoms. The number of thiazole rings is 1. The van der Waals surface area contributed by atoms with Crippen LogP contribution in [0.2, 0.25) is 0 Å². The third kappa shape index (κ3) is 2.65. The zero-order chi connectivity index (χ0) is 12.3. The molecule has 1 aromatic carbocycles. The van der Waals surface area contributed by atoms with E-state index in [1.54, 1.807) is 18.4 Å². The summed E-state index contributed by atoms with van der Waals surface area (Å²) in [6.45, 7) is 2.91. The molecule has 1 N–H and O–H groups in total. The SMILES string of the molecule is CNCc1cnc(-c2ccc(OC)c(C)c2)s1. The first-order chi connectivity index (χ1) is 8.24. The fourth-order valence-electron chi connectivity index (χ4n) is 1.71. The molecule has 0 radical (unpaired) electrons. The number of aromatic nitrogens is 1. The number of hydrogen-bond donors (Lipinski definition) is 1. The van der Waals surface area contributed by atoms with Crippen molar-refractivity contribution in [1.82, 2.24) is 10.3 Å². The van der Waals surface area contributed by atoms with Crippen LogP contribution in [0.3, 0.4) is 0 Å². The van der Waals surface area contributed by atoms with Crippen molar-refractivity contribution in [3.63, 3.8) is 0 Å². The van der Waals surface area contributed by atoms with Gasteiger partial charge in [-0.1, -0.05) is 0 Å². The summed E-state index contributed by atoms with van der Waals surface area (Å²) in [6.07, 6.45) is 1.93. The summed E-state index contributed by atoms with van der Waals surface area (Å²) in [5.41, 5.74) is 2.28. The highest BCUT2D eigenvalue weighted by atomic mass is 32.1. The standard InChI is InChI=1S/C13H16N2OS/c1-9-6-10(4-5-12(9)16-3)13-15-8-11(17-13)7-14-2/h4-6,8,14H,7H2,1-3H3. The van der Waals surface area contributed by atoms with E-state index in [-0.39, 0.29) is 0 Å². The maximum absolute atomic E-state index is 5.25. The van der Waals surface area contributed by atoms with Crippen LogP contribution < -0.4 is 10.1 Å². The predicted octanol–water partition coefficient (Wildman–Crippen LogP) is 2.85. The fourth-order valence-corrected chi connectivity index (χ4v) is 2.63. The second-order valence-corrected chi connectivity index (χ2v) is 4.96. The van der Waals surface area contributed by atoms with Crippen molar-refractivity contribution >= 4 is 11.3 Å². The number of benzene rings is 1. The van der Waals surface area contributed by atoms with Gasteiger partial charge < -0.3 is 10.1 Å². The van der Waals surface area contributed by atoms with Crippen LogP contribution in [0.1, 0.15) is 10.4 Å². The lowest BCUT2D eigenvalue weighted by atomic mass is 10.1. The predicted molar refractivity (Wildman–Crippen MR) is 71.6 cm³/mol. The lowest BCUT2D eigenvalue weighted by Gasteiger charge is -2.05.